The van der Waals surface area contributed by atoms with Crippen molar-refractivity contribution in [3.05, 3.63) is 11.6 Å². The van der Waals surface area contributed by atoms with Crippen molar-refractivity contribution in [3.8, 4) is 0 Å². The molecule has 1 aliphatic rings. The van der Waals surface area contributed by atoms with Crippen LogP contribution in [0.25, 0.3) is 0 Å². The van der Waals surface area contributed by atoms with Gasteiger partial charge in [-0.05, 0) is 26.8 Å². The van der Waals surface area contributed by atoms with Gasteiger partial charge in [0.15, 0.2) is 0 Å². The van der Waals surface area contributed by atoms with Crippen molar-refractivity contribution in [3.63, 3.8) is 0 Å². The summed E-state index contributed by atoms with van der Waals surface area (Å²) < 4.78 is 0. The predicted octanol–water partition coefficient (Wildman–Crippen LogP) is 0.821. The molecule has 0 aliphatic carbocycles. The number of carbonyl (C=O) groups is 1. The summed E-state index contributed by atoms with van der Waals surface area (Å²) in [4.78, 5) is 11.3. The molecule has 74 valence electrons. The van der Waals surface area contributed by atoms with Gasteiger partial charge >= 0.3 is 0 Å². The zero-order chi connectivity index (χ0) is 9.68. The summed E-state index contributed by atoms with van der Waals surface area (Å²) >= 11 is 0. The molecule has 0 unspecified atom stereocenters. The van der Waals surface area contributed by atoms with E-state index >= 15 is 0 Å². The Morgan fingerprint density at radius 2 is 2.46 bits per heavy atom. The van der Waals surface area contributed by atoms with Gasteiger partial charge in [0.05, 0.1) is 0 Å². The Morgan fingerprint density at radius 1 is 1.69 bits per heavy atom. The first-order valence-electron chi connectivity index (χ1n) is 4.86. The van der Waals surface area contributed by atoms with E-state index in [1.54, 1.807) is 0 Å². The quantitative estimate of drug-likeness (QED) is 0.634. The first kappa shape index (κ1) is 10.3. The van der Waals surface area contributed by atoms with Crippen molar-refractivity contribution < 1.29 is 4.79 Å². The van der Waals surface area contributed by atoms with Crippen LogP contribution in [0.2, 0.25) is 0 Å². The van der Waals surface area contributed by atoms with Crippen molar-refractivity contribution in [2.45, 2.75) is 32.7 Å². The summed E-state index contributed by atoms with van der Waals surface area (Å²) in [5, 5.41) is 6.11. The molecule has 1 heterocycles. The number of carbonyl (C=O) groups excluding carboxylic acids is 1. The molecular weight excluding hydrogens is 164 g/mol. The van der Waals surface area contributed by atoms with Gasteiger partial charge in [0.1, 0.15) is 0 Å². The lowest BCUT2D eigenvalue weighted by Gasteiger charge is -2.14. The van der Waals surface area contributed by atoms with Crippen LogP contribution in [-0.4, -0.2) is 25.0 Å². The summed E-state index contributed by atoms with van der Waals surface area (Å²) in [6.45, 7) is 5.87. The van der Waals surface area contributed by atoms with E-state index < -0.39 is 0 Å². The van der Waals surface area contributed by atoms with Gasteiger partial charge in [-0.25, -0.2) is 0 Å². The van der Waals surface area contributed by atoms with E-state index in [0.717, 1.165) is 19.5 Å². The smallest absolute Gasteiger partial charge is 0.224 e. The van der Waals surface area contributed by atoms with Crippen LogP contribution < -0.4 is 10.6 Å². The lowest BCUT2D eigenvalue weighted by atomic mass is 10.1. The topological polar surface area (TPSA) is 41.1 Å². The lowest BCUT2D eigenvalue weighted by molar-refractivity contribution is -0.120. The van der Waals surface area contributed by atoms with Crippen molar-refractivity contribution in [1.82, 2.24) is 10.6 Å². The average molecular weight is 182 g/mol. The standard InChI is InChI=1S/C10H18N2O/c1-8(2)12-10(13)7-9-3-5-11-6-4-9/h3,8,11H,4-7H2,1-2H3,(H,12,13). The maximum absolute atomic E-state index is 11.3. The van der Waals surface area contributed by atoms with Gasteiger partial charge in [0.25, 0.3) is 0 Å². The first-order chi connectivity index (χ1) is 6.18. The Labute approximate surface area is 79.6 Å². The molecule has 0 bridgehead atoms. The Bertz CT molecular complexity index is 209. The highest BCUT2D eigenvalue weighted by Crippen LogP contribution is 2.08. The fourth-order valence-corrected chi connectivity index (χ4v) is 1.41. The van der Waals surface area contributed by atoms with E-state index in [0.29, 0.717) is 6.42 Å². The van der Waals surface area contributed by atoms with E-state index in [1.165, 1.54) is 5.57 Å². The van der Waals surface area contributed by atoms with Crippen LogP contribution in [0.4, 0.5) is 0 Å². The van der Waals surface area contributed by atoms with Gasteiger partial charge in [-0.2, -0.15) is 0 Å². The molecule has 3 nitrogen and oxygen atoms in total. The Morgan fingerprint density at radius 3 is 3.00 bits per heavy atom. The Hall–Kier alpha value is -0.830. The number of nitrogens with one attached hydrogen (secondary N) is 2. The van der Waals surface area contributed by atoms with Gasteiger partial charge in [-0.15, -0.1) is 0 Å². The summed E-state index contributed by atoms with van der Waals surface area (Å²) in [5.41, 5.74) is 1.26. The van der Waals surface area contributed by atoms with E-state index in [2.05, 4.69) is 16.7 Å². The molecule has 3 heteroatoms. The van der Waals surface area contributed by atoms with Gasteiger partial charge < -0.3 is 10.6 Å². The molecule has 0 fully saturated rings. The van der Waals surface area contributed by atoms with E-state index in [9.17, 15) is 4.79 Å². The summed E-state index contributed by atoms with van der Waals surface area (Å²) in [6.07, 6.45) is 3.69. The average Bonchev–Trinajstić information content (AvgIpc) is 2.04. The molecule has 0 aromatic heterocycles. The van der Waals surface area contributed by atoms with E-state index in [1.807, 2.05) is 13.8 Å². The lowest BCUT2D eigenvalue weighted by Crippen LogP contribution is -2.31. The molecule has 1 amide bonds. The van der Waals surface area contributed by atoms with Crippen molar-refractivity contribution in [2.24, 2.45) is 0 Å². The van der Waals surface area contributed by atoms with Crippen LogP contribution in [0.15, 0.2) is 11.6 Å². The van der Waals surface area contributed by atoms with Gasteiger partial charge in [0.2, 0.25) is 5.91 Å². The summed E-state index contributed by atoms with van der Waals surface area (Å²) in [6, 6.07) is 0.245. The van der Waals surface area contributed by atoms with Gasteiger partial charge in [-0.3, -0.25) is 4.79 Å². The predicted molar refractivity (Wildman–Crippen MR) is 53.5 cm³/mol. The highest BCUT2D eigenvalue weighted by atomic mass is 16.1. The van der Waals surface area contributed by atoms with E-state index in [4.69, 9.17) is 0 Å². The fourth-order valence-electron chi connectivity index (χ4n) is 1.41. The SMILES string of the molecule is CC(C)NC(=O)CC1=CCNCC1. The Balaban J connectivity index is 2.30. The zero-order valence-electron chi connectivity index (χ0n) is 8.39. The van der Waals surface area contributed by atoms with E-state index in [-0.39, 0.29) is 11.9 Å². The third-order valence-electron chi connectivity index (χ3n) is 2.00. The van der Waals surface area contributed by atoms with Crippen molar-refractivity contribution in [2.75, 3.05) is 13.1 Å². The minimum absolute atomic E-state index is 0.142. The van der Waals surface area contributed by atoms with Crippen molar-refractivity contribution in [1.29, 1.82) is 0 Å². The molecule has 1 aliphatic heterocycles. The summed E-state index contributed by atoms with van der Waals surface area (Å²) in [7, 11) is 0. The first-order valence-corrected chi connectivity index (χ1v) is 4.86. The zero-order valence-corrected chi connectivity index (χ0v) is 8.39. The normalized spacial score (nSPS) is 17.0. The highest BCUT2D eigenvalue weighted by molar-refractivity contribution is 5.78. The molecule has 13 heavy (non-hydrogen) atoms. The van der Waals surface area contributed by atoms with Gasteiger partial charge in [0, 0.05) is 19.0 Å². The number of hydrogen-bond donors (Lipinski definition) is 2. The summed E-state index contributed by atoms with van der Waals surface area (Å²) in [5.74, 6) is 0.142. The molecule has 1 rings (SSSR count). The van der Waals surface area contributed by atoms with Crippen LogP contribution in [0, 0.1) is 0 Å². The maximum Gasteiger partial charge on any atom is 0.224 e. The molecule has 2 N–H and O–H groups in total. The van der Waals surface area contributed by atoms with Crippen molar-refractivity contribution >= 4 is 5.91 Å². The molecule has 0 spiro atoms. The largest absolute Gasteiger partial charge is 0.354 e. The highest BCUT2D eigenvalue weighted by Gasteiger charge is 2.08. The molecule has 0 radical (unpaired) electrons. The molecule has 0 aromatic carbocycles. The van der Waals surface area contributed by atoms with Crippen LogP contribution in [0.1, 0.15) is 26.7 Å². The van der Waals surface area contributed by atoms with Crippen LogP contribution in [0.3, 0.4) is 0 Å². The second kappa shape index (κ2) is 5.02. The number of hydrogen-bond acceptors (Lipinski definition) is 2. The molecule has 0 atom stereocenters. The van der Waals surface area contributed by atoms with Gasteiger partial charge in [-0.1, -0.05) is 11.6 Å². The molecular formula is C10H18N2O. The fraction of sp³-hybridized carbons (Fsp3) is 0.700. The molecule has 0 saturated heterocycles. The maximum atomic E-state index is 11.3. The Kier molecular flexibility index (Phi) is 3.96. The second-order valence-electron chi connectivity index (χ2n) is 3.72. The molecule has 0 saturated carbocycles. The van der Waals surface area contributed by atoms with Crippen LogP contribution in [-0.2, 0) is 4.79 Å². The number of rotatable bonds is 3. The number of amides is 1. The molecule has 0 aromatic rings. The van der Waals surface area contributed by atoms with Crippen LogP contribution >= 0.6 is 0 Å². The minimum Gasteiger partial charge on any atom is -0.354 e. The minimum atomic E-state index is 0.142. The second-order valence-corrected chi connectivity index (χ2v) is 3.72. The van der Waals surface area contributed by atoms with Crippen LogP contribution in [0.5, 0.6) is 0 Å². The monoisotopic (exact) mass is 182 g/mol. The third kappa shape index (κ3) is 4.08. The third-order valence-corrected chi connectivity index (χ3v) is 2.00.